The normalized spacial score (nSPS) is 10.8. The van der Waals surface area contributed by atoms with Crippen molar-refractivity contribution in [2.45, 2.75) is 6.92 Å². The number of nitriles is 1. The fourth-order valence-corrected chi connectivity index (χ4v) is 0.943. The van der Waals surface area contributed by atoms with Gasteiger partial charge in [-0.2, -0.15) is 5.26 Å². The van der Waals surface area contributed by atoms with Gasteiger partial charge in [-0.1, -0.05) is 48.1 Å². The van der Waals surface area contributed by atoms with Gasteiger partial charge in [0.25, 0.3) is 0 Å². The first-order valence-corrected chi connectivity index (χ1v) is 4.12. The van der Waals surface area contributed by atoms with Crippen LogP contribution in [0.2, 0.25) is 0 Å². The van der Waals surface area contributed by atoms with Crippen molar-refractivity contribution in [2.24, 2.45) is 0 Å². The van der Waals surface area contributed by atoms with Crippen LogP contribution >= 0.6 is 0 Å². The maximum absolute atomic E-state index is 8.23. The highest BCUT2D eigenvalue weighted by Crippen LogP contribution is 2.04. The van der Waals surface area contributed by atoms with Crippen LogP contribution in [0.5, 0.6) is 0 Å². The molecule has 0 saturated carbocycles. The Morgan fingerprint density at radius 3 is 2.46 bits per heavy atom. The lowest BCUT2D eigenvalue weighted by Crippen LogP contribution is -1.72. The molecule has 1 heteroatoms. The van der Waals surface area contributed by atoms with Gasteiger partial charge in [0, 0.05) is 6.08 Å². The molecule has 0 fully saturated rings. The molecule has 0 aliphatic rings. The monoisotopic (exact) mass is 169 g/mol. The standard InChI is InChI=1S/C12H11N/c1-11-6-8-12(9-7-11)5-3-2-4-10-13/h2-9H,1H3. The second-order valence-electron chi connectivity index (χ2n) is 2.76. The molecule has 0 unspecified atom stereocenters. The fourth-order valence-electron chi connectivity index (χ4n) is 0.943. The molecule has 0 bridgehead atoms. The van der Waals surface area contributed by atoms with Gasteiger partial charge >= 0.3 is 0 Å². The van der Waals surface area contributed by atoms with Crippen LogP contribution in [0.3, 0.4) is 0 Å². The van der Waals surface area contributed by atoms with Crippen molar-refractivity contribution in [3.8, 4) is 6.07 Å². The molecule has 0 radical (unpaired) electrons. The summed E-state index contributed by atoms with van der Waals surface area (Å²) in [6.45, 7) is 2.06. The van der Waals surface area contributed by atoms with E-state index in [1.807, 2.05) is 30.4 Å². The summed E-state index contributed by atoms with van der Waals surface area (Å²) >= 11 is 0. The van der Waals surface area contributed by atoms with E-state index in [-0.39, 0.29) is 0 Å². The number of aryl methyl sites for hydroxylation is 1. The summed E-state index contributed by atoms with van der Waals surface area (Å²) in [6.07, 6.45) is 6.99. The van der Waals surface area contributed by atoms with Gasteiger partial charge in [0.2, 0.25) is 0 Å². The first kappa shape index (κ1) is 9.28. The first-order chi connectivity index (χ1) is 6.33. The molecule has 0 N–H and O–H groups in total. The average molecular weight is 169 g/mol. The minimum absolute atomic E-state index is 1.15. The zero-order valence-corrected chi connectivity index (χ0v) is 7.57. The van der Waals surface area contributed by atoms with Gasteiger partial charge in [0.05, 0.1) is 6.07 Å². The Morgan fingerprint density at radius 2 is 1.85 bits per heavy atom. The lowest BCUT2D eigenvalue weighted by molar-refractivity contribution is 1.46. The van der Waals surface area contributed by atoms with E-state index in [1.54, 1.807) is 6.08 Å². The zero-order chi connectivity index (χ0) is 9.52. The van der Waals surface area contributed by atoms with E-state index in [1.165, 1.54) is 11.6 Å². The molecule has 1 aromatic carbocycles. The molecule has 0 atom stereocenters. The van der Waals surface area contributed by atoms with Gasteiger partial charge < -0.3 is 0 Å². The summed E-state index contributed by atoms with van der Waals surface area (Å²) in [7, 11) is 0. The maximum atomic E-state index is 8.23. The number of rotatable bonds is 2. The summed E-state index contributed by atoms with van der Waals surface area (Å²) < 4.78 is 0. The zero-order valence-electron chi connectivity index (χ0n) is 7.57. The molecule has 0 amide bonds. The molecule has 0 aliphatic heterocycles. The van der Waals surface area contributed by atoms with Crippen LogP contribution < -0.4 is 0 Å². The van der Waals surface area contributed by atoms with Gasteiger partial charge in [0.15, 0.2) is 0 Å². The Labute approximate surface area is 78.6 Å². The minimum Gasteiger partial charge on any atom is -0.193 e. The second-order valence-corrected chi connectivity index (χ2v) is 2.76. The smallest absolute Gasteiger partial charge is 0.0912 e. The lowest BCUT2D eigenvalue weighted by Gasteiger charge is -1.92. The van der Waals surface area contributed by atoms with E-state index in [0.29, 0.717) is 0 Å². The van der Waals surface area contributed by atoms with E-state index >= 15 is 0 Å². The van der Waals surface area contributed by atoms with Crippen molar-refractivity contribution in [2.75, 3.05) is 0 Å². The summed E-state index contributed by atoms with van der Waals surface area (Å²) in [5.74, 6) is 0. The van der Waals surface area contributed by atoms with Gasteiger partial charge in [-0.25, -0.2) is 0 Å². The predicted molar refractivity (Wildman–Crippen MR) is 55.0 cm³/mol. The van der Waals surface area contributed by atoms with E-state index in [9.17, 15) is 0 Å². The van der Waals surface area contributed by atoms with E-state index in [2.05, 4.69) is 19.1 Å². The molecular formula is C12H11N. The van der Waals surface area contributed by atoms with Crippen LogP contribution in [-0.2, 0) is 0 Å². The summed E-state index contributed by atoms with van der Waals surface area (Å²) in [4.78, 5) is 0. The van der Waals surface area contributed by atoms with E-state index in [4.69, 9.17) is 5.26 Å². The van der Waals surface area contributed by atoms with Crippen LogP contribution in [0.4, 0.5) is 0 Å². The molecule has 0 saturated heterocycles. The van der Waals surface area contributed by atoms with Crippen LogP contribution in [0.1, 0.15) is 11.1 Å². The van der Waals surface area contributed by atoms with Crippen molar-refractivity contribution >= 4 is 6.08 Å². The Balaban J connectivity index is 2.65. The average Bonchev–Trinajstić information content (AvgIpc) is 2.15. The Hall–Kier alpha value is -1.81. The number of nitrogens with zero attached hydrogens (tertiary/aromatic N) is 1. The number of allylic oxidation sites excluding steroid dienone is 3. The van der Waals surface area contributed by atoms with Crippen molar-refractivity contribution in [3.05, 3.63) is 53.6 Å². The molecular weight excluding hydrogens is 158 g/mol. The van der Waals surface area contributed by atoms with Crippen LogP contribution in [0, 0.1) is 18.3 Å². The SMILES string of the molecule is Cc1ccc(C=CC=CC#N)cc1. The van der Waals surface area contributed by atoms with Crippen molar-refractivity contribution < 1.29 is 0 Å². The molecule has 1 aromatic rings. The second kappa shape index (κ2) is 4.95. The highest BCUT2D eigenvalue weighted by molar-refractivity contribution is 5.51. The van der Waals surface area contributed by atoms with E-state index < -0.39 is 0 Å². The number of hydrogen-bond acceptors (Lipinski definition) is 1. The summed E-state index contributed by atoms with van der Waals surface area (Å²) in [5, 5.41) is 8.23. The maximum Gasteiger partial charge on any atom is 0.0912 e. The number of benzene rings is 1. The van der Waals surface area contributed by atoms with Crippen molar-refractivity contribution in [1.29, 1.82) is 5.26 Å². The summed E-state index contributed by atoms with van der Waals surface area (Å²) in [6, 6.07) is 10.2. The molecule has 64 valence electrons. The molecule has 1 nitrogen and oxygen atoms in total. The third-order valence-electron chi connectivity index (χ3n) is 1.65. The van der Waals surface area contributed by atoms with Crippen molar-refractivity contribution in [1.82, 2.24) is 0 Å². The Morgan fingerprint density at radius 1 is 1.15 bits per heavy atom. The number of hydrogen-bond donors (Lipinski definition) is 0. The lowest BCUT2D eigenvalue weighted by atomic mass is 10.1. The highest BCUT2D eigenvalue weighted by Gasteiger charge is 1.83. The quantitative estimate of drug-likeness (QED) is 0.493. The topological polar surface area (TPSA) is 23.8 Å². The molecule has 13 heavy (non-hydrogen) atoms. The predicted octanol–water partition coefficient (Wildman–Crippen LogP) is 3.09. The van der Waals surface area contributed by atoms with Crippen LogP contribution in [0.25, 0.3) is 6.08 Å². The molecule has 0 spiro atoms. The van der Waals surface area contributed by atoms with Gasteiger partial charge in [-0.05, 0) is 12.5 Å². The third-order valence-corrected chi connectivity index (χ3v) is 1.65. The van der Waals surface area contributed by atoms with Crippen molar-refractivity contribution in [3.63, 3.8) is 0 Å². The van der Waals surface area contributed by atoms with E-state index in [0.717, 1.165) is 5.56 Å². The molecule has 1 rings (SSSR count). The van der Waals surface area contributed by atoms with Crippen LogP contribution in [-0.4, -0.2) is 0 Å². The van der Waals surface area contributed by atoms with Gasteiger partial charge in [0.1, 0.15) is 0 Å². The Bertz CT molecular complexity index is 350. The highest BCUT2D eigenvalue weighted by atomic mass is 14.2. The Kier molecular flexibility index (Phi) is 3.53. The largest absolute Gasteiger partial charge is 0.193 e. The molecule has 0 aliphatic carbocycles. The van der Waals surface area contributed by atoms with Gasteiger partial charge in [-0.15, -0.1) is 0 Å². The summed E-state index contributed by atoms with van der Waals surface area (Å²) in [5.41, 5.74) is 2.40. The van der Waals surface area contributed by atoms with Crippen LogP contribution in [0.15, 0.2) is 42.5 Å². The minimum atomic E-state index is 1.15. The fraction of sp³-hybridized carbons (Fsp3) is 0.0833. The van der Waals surface area contributed by atoms with Gasteiger partial charge in [-0.3, -0.25) is 0 Å². The first-order valence-electron chi connectivity index (χ1n) is 4.12. The third kappa shape index (κ3) is 3.39. The molecule has 0 heterocycles. The molecule has 0 aromatic heterocycles.